The van der Waals surface area contributed by atoms with Crippen molar-refractivity contribution in [2.75, 3.05) is 14.2 Å². The molecule has 0 aliphatic heterocycles. The second-order valence-corrected chi connectivity index (χ2v) is 6.15. The molecule has 2 aromatic heterocycles. The maximum Gasteiger partial charge on any atom is 0.216 e. The standard InChI is InChI=1S/C18H19N5O4S/c1-10-16(25)14(11(9-24)7-19-10)8-20-23-17(21-22-18(23)28)13-5-4-12(26-2)6-15(13)27-3/h4-8,24-25H,9H2,1-3H3,(H,22,28)/b20-8+. The number of aliphatic hydroxyl groups excluding tert-OH is 1. The molecule has 0 saturated heterocycles. The summed E-state index contributed by atoms with van der Waals surface area (Å²) in [4.78, 5) is 4.03. The van der Waals surface area contributed by atoms with E-state index >= 15 is 0 Å². The van der Waals surface area contributed by atoms with Crippen LogP contribution in [0.4, 0.5) is 0 Å². The molecular weight excluding hydrogens is 382 g/mol. The van der Waals surface area contributed by atoms with Gasteiger partial charge in [-0.1, -0.05) is 0 Å². The molecule has 0 amide bonds. The minimum absolute atomic E-state index is 0.0612. The van der Waals surface area contributed by atoms with Crippen molar-refractivity contribution in [2.45, 2.75) is 13.5 Å². The van der Waals surface area contributed by atoms with E-state index in [1.807, 2.05) is 0 Å². The number of aryl methyl sites for hydroxylation is 1. The maximum atomic E-state index is 10.3. The van der Waals surface area contributed by atoms with Crippen LogP contribution < -0.4 is 9.47 Å². The van der Waals surface area contributed by atoms with Gasteiger partial charge < -0.3 is 19.7 Å². The number of pyridine rings is 1. The van der Waals surface area contributed by atoms with Crippen LogP contribution in [0, 0.1) is 11.7 Å². The summed E-state index contributed by atoms with van der Waals surface area (Å²) >= 11 is 5.28. The maximum absolute atomic E-state index is 10.3. The van der Waals surface area contributed by atoms with Gasteiger partial charge in [-0.05, 0) is 31.3 Å². The highest BCUT2D eigenvalue weighted by Crippen LogP contribution is 2.32. The van der Waals surface area contributed by atoms with E-state index in [1.54, 1.807) is 39.3 Å². The van der Waals surface area contributed by atoms with Crippen LogP contribution in [0.2, 0.25) is 0 Å². The SMILES string of the molecule is COc1ccc(-c2n[nH]c(=S)n2/N=C/c2c(CO)cnc(C)c2O)c(OC)c1. The van der Waals surface area contributed by atoms with Gasteiger partial charge in [0.15, 0.2) is 5.82 Å². The molecule has 0 bridgehead atoms. The van der Waals surface area contributed by atoms with E-state index in [9.17, 15) is 10.2 Å². The van der Waals surface area contributed by atoms with E-state index in [4.69, 9.17) is 21.7 Å². The highest BCUT2D eigenvalue weighted by Gasteiger charge is 2.15. The van der Waals surface area contributed by atoms with Gasteiger partial charge in [-0.3, -0.25) is 4.98 Å². The number of hydrogen-bond donors (Lipinski definition) is 3. The highest BCUT2D eigenvalue weighted by atomic mass is 32.1. The average molecular weight is 401 g/mol. The lowest BCUT2D eigenvalue weighted by atomic mass is 10.1. The van der Waals surface area contributed by atoms with Gasteiger partial charge in [-0.2, -0.15) is 14.9 Å². The molecule has 2 heterocycles. The minimum Gasteiger partial charge on any atom is -0.505 e. The zero-order chi connectivity index (χ0) is 20.3. The molecule has 3 N–H and O–H groups in total. The van der Waals surface area contributed by atoms with Crippen LogP contribution in [-0.2, 0) is 6.61 Å². The summed E-state index contributed by atoms with van der Waals surface area (Å²) in [5, 5.41) is 31.1. The lowest BCUT2D eigenvalue weighted by molar-refractivity contribution is 0.280. The summed E-state index contributed by atoms with van der Waals surface area (Å²) in [6, 6.07) is 5.27. The van der Waals surface area contributed by atoms with Gasteiger partial charge in [0.05, 0.1) is 38.3 Å². The van der Waals surface area contributed by atoms with Gasteiger partial charge in [0, 0.05) is 23.4 Å². The Balaban J connectivity index is 2.10. The van der Waals surface area contributed by atoms with Crippen molar-refractivity contribution >= 4 is 18.4 Å². The lowest BCUT2D eigenvalue weighted by Gasteiger charge is -2.10. The molecule has 3 rings (SSSR count). The van der Waals surface area contributed by atoms with Crippen molar-refractivity contribution in [3.8, 4) is 28.6 Å². The number of hydrogen-bond acceptors (Lipinski definition) is 8. The molecule has 3 aromatic rings. The number of aromatic amines is 1. The van der Waals surface area contributed by atoms with Crippen molar-refractivity contribution < 1.29 is 19.7 Å². The fraction of sp³-hybridized carbons (Fsp3) is 0.222. The number of benzene rings is 1. The number of ether oxygens (including phenoxy) is 2. The molecule has 1 aromatic carbocycles. The van der Waals surface area contributed by atoms with E-state index < -0.39 is 0 Å². The van der Waals surface area contributed by atoms with Crippen LogP contribution in [0.1, 0.15) is 16.8 Å². The fourth-order valence-corrected chi connectivity index (χ4v) is 2.77. The Labute approximate surface area is 165 Å². The molecule has 0 aliphatic rings. The molecule has 0 radical (unpaired) electrons. The zero-order valence-corrected chi connectivity index (χ0v) is 16.3. The number of aromatic nitrogens is 4. The Morgan fingerprint density at radius 1 is 1.32 bits per heavy atom. The third-order valence-electron chi connectivity index (χ3n) is 4.13. The fourth-order valence-electron chi connectivity index (χ4n) is 2.59. The molecule has 28 heavy (non-hydrogen) atoms. The first-order valence-electron chi connectivity index (χ1n) is 8.22. The molecule has 10 heteroatoms. The van der Waals surface area contributed by atoms with Crippen molar-refractivity contribution in [2.24, 2.45) is 5.10 Å². The summed E-state index contributed by atoms with van der Waals surface area (Å²) in [6.07, 6.45) is 2.89. The number of nitrogens with one attached hydrogen (secondary N) is 1. The Morgan fingerprint density at radius 3 is 2.79 bits per heavy atom. The van der Waals surface area contributed by atoms with E-state index in [0.29, 0.717) is 39.7 Å². The summed E-state index contributed by atoms with van der Waals surface area (Å²) in [7, 11) is 3.11. The van der Waals surface area contributed by atoms with Gasteiger partial charge >= 0.3 is 0 Å². The van der Waals surface area contributed by atoms with E-state index in [2.05, 4.69) is 20.3 Å². The molecule has 0 spiro atoms. The predicted octanol–water partition coefficient (Wildman–Crippen LogP) is 2.41. The number of H-pyrrole nitrogens is 1. The largest absolute Gasteiger partial charge is 0.505 e. The normalized spacial score (nSPS) is 11.1. The van der Waals surface area contributed by atoms with Crippen LogP contribution in [0.3, 0.4) is 0 Å². The second-order valence-electron chi connectivity index (χ2n) is 5.76. The first kappa shape index (κ1) is 19.5. The molecule has 0 aliphatic carbocycles. The summed E-state index contributed by atoms with van der Waals surface area (Å²) < 4.78 is 12.3. The molecular formula is C18H19N5O4S. The Kier molecular flexibility index (Phi) is 5.71. The number of aliphatic hydroxyl groups is 1. The van der Waals surface area contributed by atoms with Gasteiger partial charge in [-0.25, -0.2) is 5.10 Å². The first-order valence-corrected chi connectivity index (χ1v) is 8.63. The van der Waals surface area contributed by atoms with Crippen molar-refractivity contribution in [3.05, 3.63) is 46.0 Å². The van der Waals surface area contributed by atoms with Crippen LogP contribution in [0.15, 0.2) is 29.5 Å². The van der Waals surface area contributed by atoms with E-state index in [0.717, 1.165) is 0 Å². The van der Waals surface area contributed by atoms with Crippen molar-refractivity contribution in [1.82, 2.24) is 19.9 Å². The topological polar surface area (TPSA) is 118 Å². The van der Waals surface area contributed by atoms with Crippen LogP contribution >= 0.6 is 12.2 Å². The third-order valence-corrected chi connectivity index (χ3v) is 4.39. The number of aromatic hydroxyl groups is 1. The predicted molar refractivity (Wildman–Crippen MR) is 106 cm³/mol. The minimum atomic E-state index is -0.294. The third kappa shape index (κ3) is 3.59. The second kappa shape index (κ2) is 8.19. The Hall–Kier alpha value is -3.24. The molecule has 0 unspecified atom stereocenters. The monoisotopic (exact) mass is 401 g/mol. The molecule has 9 nitrogen and oxygen atoms in total. The van der Waals surface area contributed by atoms with Gasteiger partial charge in [0.1, 0.15) is 17.2 Å². The molecule has 146 valence electrons. The average Bonchev–Trinajstić information content (AvgIpc) is 3.08. The van der Waals surface area contributed by atoms with E-state index in [-0.39, 0.29) is 17.1 Å². The van der Waals surface area contributed by atoms with E-state index in [1.165, 1.54) is 17.1 Å². The summed E-state index contributed by atoms with van der Waals surface area (Å²) in [6.45, 7) is 1.36. The zero-order valence-electron chi connectivity index (χ0n) is 15.5. The van der Waals surface area contributed by atoms with Gasteiger partial charge in [0.2, 0.25) is 4.77 Å². The molecule has 0 atom stereocenters. The highest BCUT2D eigenvalue weighted by molar-refractivity contribution is 7.71. The molecule has 0 saturated carbocycles. The summed E-state index contributed by atoms with van der Waals surface area (Å²) in [5.74, 6) is 1.52. The lowest BCUT2D eigenvalue weighted by Crippen LogP contribution is -2.01. The first-order chi connectivity index (χ1) is 13.5. The molecule has 0 fully saturated rings. The number of nitrogens with zero attached hydrogens (tertiary/aromatic N) is 4. The van der Waals surface area contributed by atoms with Crippen LogP contribution in [0.5, 0.6) is 17.2 Å². The smallest absolute Gasteiger partial charge is 0.216 e. The Morgan fingerprint density at radius 2 is 2.11 bits per heavy atom. The van der Waals surface area contributed by atoms with Gasteiger partial charge in [-0.15, -0.1) is 0 Å². The quantitative estimate of drug-likeness (QED) is 0.429. The van der Waals surface area contributed by atoms with Crippen LogP contribution in [-0.4, -0.2) is 50.5 Å². The summed E-state index contributed by atoms with van der Waals surface area (Å²) in [5.41, 5.74) is 1.85. The van der Waals surface area contributed by atoms with Gasteiger partial charge in [0.25, 0.3) is 0 Å². The Bertz CT molecular complexity index is 1090. The number of methoxy groups -OCH3 is 2. The van der Waals surface area contributed by atoms with Crippen LogP contribution in [0.25, 0.3) is 11.4 Å². The van der Waals surface area contributed by atoms with Crippen molar-refractivity contribution in [3.63, 3.8) is 0 Å². The number of rotatable bonds is 6. The van der Waals surface area contributed by atoms with Crippen molar-refractivity contribution in [1.29, 1.82) is 0 Å².